The van der Waals surface area contributed by atoms with Gasteiger partial charge in [0.2, 0.25) is 5.91 Å². The molecule has 1 N–H and O–H groups in total. The summed E-state index contributed by atoms with van der Waals surface area (Å²) >= 11 is 0. The van der Waals surface area contributed by atoms with Crippen molar-refractivity contribution < 1.29 is 14.0 Å². The maximum Gasteiger partial charge on any atom is 0.254 e. The first kappa shape index (κ1) is 15.3. The maximum absolute atomic E-state index is 12.7. The van der Waals surface area contributed by atoms with E-state index in [1.807, 2.05) is 37.3 Å². The Morgan fingerprint density at radius 1 is 1.26 bits per heavy atom. The molecule has 0 spiro atoms. The van der Waals surface area contributed by atoms with Crippen molar-refractivity contribution in [2.45, 2.75) is 32.4 Å². The molecule has 5 nitrogen and oxygen atoms in total. The SMILES string of the molecule is Cc1ccccc1C(=O)N1CCC[C@H]1C(=O)NCc1ccco1. The summed E-state index contributed by atoms with van der Waals surface area (Å²) in [5.74, 6) is 0.507. The van der Waals surface area contributed by atoms with Gasteiger partial charge in [-0.2, -0.15) is 0 Å². The van der Waals surface area contributed by atoms with Crippen molar-refractivity contribution in [3.63, 3.8) is 0 Å². The minimum atomic E-state index is -0.405. The van der Waals surface area contributed by atoms with Gasteiger partial charge in [-0.1, -0.05) is 18.2 Å². The first-order valence-corrected chi connectivity index (χ1v) is 7.83. The molecule has 23 heavy (non-hydrogen) atoms. The fourth-order valence-electron chi connectivity index (χ4n) is 2.96. The van der Waals surface area contributed by atoms with Gasteiger partial charge in [-0.05, 0) is 43.5 Å². The maximum atomic E-state index is 12.7. The zero-order valence-electron chi connectivity index (χ0n) is 13.1. The summed E-state index contributed by atoms with van der Waals surface area (Å²) < 4.78 is 5.21. The average Bonchev–Trinajstić information content (AvgIpc) is 3.24. The van der Waals surface area contributed by atoms with E-state index in [1.165, 1.54) is 0 Å². The third-order valence-electron chi connectivity index (χ3n) is 4.21. The molecule has 0 bridgehead atoms. The Morgan fingerprint density at radius 3 is 2.83 bits per heavy atom. The molecule has 1 aliphatic rings. The third-order valence-corrected chi connectivity index (χ3v) is 4.21. The third kappa shape index (κ3) is 3.28. The highest BCUT2D eigenvalue weighted by Crippen LogP contribution is 2.21. The molecule has 1 fully saturated rings. The van der Waals surface area contributed by atoms with E-state index in [0.29, 0.717) is 30.8 Å². The topological polar surface area (TPSA) is 62.6 Å². The van der Waals surface area contributed by atoms with Crippen LogP contribution in [0.5, 0.6) is 0 Å². The summed E-state index contributed by atoms with van der Waals surface area (Å²) in [6.07, 6.45) is 3.11. The van der Waals surface area contributed by atoms with E-state index in [-0.39, 0.29) is 11.8 Å². The second-order valence-electron chi connectivity index (χ2n) is 5.77. The molecule has 1 atom stereocenters. The lowest BCUT2D eigenvalue weighted by molar-refractivity contribution is -0.125. The van der Waals surface area contributed by atoms with Crippen LogP contribution in [-0.4, -0.2) is 29.3 Å². The number of nitrogens with one attached hydrogen (secondary N) is 1. The summed E-state index contributed by atoms with van der Waals surface area (Å²) in [6.45, 7) is 2.87. The number of aryl methyl sites for hydroxylation is 1. The van der Waals surface area contributed by atoms with E-state index in [9.17, 15) is 9.59 Å². The highest BCUT2D eigenvalue weighted by Gasteiger charge is 2.34. The fraction of sp³-hybridized carbons (Fsp3) is 0.333. The van der Waals surface area contributed by atoms with Crippen LogP contribution in [0.4, 0.5) is 0 Å². The molecule has 0 radical (unpaired) electrons. The number of carbonyl (C=O) groups is 2. The number of hydrogen-bond acceptors (Lipinski definition) is 3. The highest BCUT2D eigenvalue weighted by atomic mass is 16.3. The molecule has 5 heteroatoms. The van der Waals surface area contributed by atoms with Crippen molar-refractivity contribution in [3.05, 3.63) is 59.5 Å². The van der Waals surface area contributed by atoms with Gasteiger partial charge in [0.1, 0.15) is 11.8 Å². The van der Waals surface area contributed by atoms with Crippen LogP contribution in [0.1, 0.15) is 34.5 Å². The van der Waals surface area contributed by atoms with Gasteiger partial charge in [-0.25, -0.2) is 0 Å². The smallest absolute Gasteiger partial charge is 0.254 e. The monoisotopic (exact) mass is 312 g/mol. The first-order chi connectivity index (χ1) is 11.2. The van der Waals surface area contributed by atoms with Crippen LogP contribution < -0.4 is 5.32 Å². The Balaban J connectivity index is 1.68. The molecule has 0 unspecified atom stereocenters. The number of furan rings is 1. The fourth-order valence-corrected chi connectivity index (χ4v) is 2.96. The Bertz CT molecular complexity index is 694. The zero-order chi connectivity index (χ0) is 16.2. The molecule has 0 saturated carbocycles. The van der Waals surface area contributed by atoms with Gasteiger partial charge in [0.25, 0.3) is 5.91 Å². The number of carbonyl (C=O) groups excluding carboxylic acids is 2. The van der Waals surface area contributed by atoms with Crippen LogP contribution in [0.2, 0.25) is 0 Å². The minimum absolute atomic E-state index is 0.0706. The lowest BCUT2D eigenvalue weighted by Gasteiger charge is -2.24. The average molecular weight is 312 g/mol. The van der Waals surface area contributed by atoms with Crippen molar-refractivity contribution in [1.82, 2.24) is 10.2 Å². The molecule has 1 saturated heterocycles. The van der Waals surface area contributed by atoms with Crippen LogP contribution in [0.25, 0.3) is 0 Å². The minimum Gasteiger partial charge on any atom is -0.467 e. The molecule has 1 aliphatic heterocycles. The summed E-state index contributed by atoms with van der Waals surface area (Å²) in [6, 6.07) is 10.7. The van der Waals surface area contributed by atoms with Crippen molar-refractivity contribution in [2.75, 3.05) is 6.54 Å². The van der Waals surface area contributed by atoms with Crippen molar-refractivity contribution >= 4 is 11.8 Å². The molecule has 2 amide bonds. The van der Waals surface area contributed by atoms with Crippen molar-refractivity contribution in [2.24, 2.45) is 0 Å². The van der Waals surface area contributed by atoms with Crippen LogP contribution in [0.3, 0.4) is 0 Å². The first-order valence-electron chi connectivity index (χ1n) is 7.83. The summed E-state index contributed by atoms with van der Waals surface area (Å²) in [7, 11) is 0. The standard InChI is InChI=1S/C18H20N2O3/c1-13-6-2-3-8-15(13)18(22)20-10-4-9-16(20)17(21)19-12-14-7-5-11-23-14/h2-3,5-8,11,16H,4,9-10,12H2,1H3,(H,19,21)/t16-/m0/s1. The number of likely N-dealkylation sites (tertiary alicyclic amines) is 1. The lowest BCUT2D eigenvalue weighted by atomic mass is 10.1. The van der Waals surface area contributed by atoms with E-state index >= 15 is 0 Å². The molecule has 120 valence electrons. The van der Waals surface area contributed by atoms with E-state index in [1.54, 1.807) is 17.2 Å². The lowest BCUT2D eigenvalue weighted by Crippen LogP contribution is -2.45. The molecular formula is C18H20N2O3. The van der Waals surface area contributed by atoms with E-state index in [4.69, 9.17) is 4.42 Å². The molecule has 0 aliphatic carbocycles. The summed E-state index contributed by atoms with van der Waals surface area (Å²) in [5.41, 5.74) is 1.59. The predicted octanol–water partition coefficient (Wildman–Crippen LogP) is 2.51. The second-order valence-corrected chi connectivity index (χ2v) is 5.77. The van der Waals surface area contributed by atoms with Gasteiger partial charge < -0.3 is 14.6 Å². The normalized spacial score (nSPS) is 17.3. The van der Waals surface area contributed by atoms with Gasteiger partial charge in [-0.15, -0.1) is 0 Å². The molecule has 1 aromatic carbocycles. The Labute approximate surface area is 135 Å². The summed E-state index contributed by atoms with van der Waals surface area (Å²) in [4.78, 5) is 26.8. The largest absolute Gasteiger partial charge is 0.467 e. The van der Waals surface area contributed by atoms with Crippen LogP contribution in [0, 0.1) is 6.92 Å². The molecular weight excluding hydrogens is 292 g/mol. The number of benzene rings is 1. The Hall–Kier alpha value is -2.56. The zero-order valence-corrected chi connectivity index (χ0v) is 13.1. The van der Waals surface area contributed by atoms with Crippen LogP contribution in [0.15, 0.2) is 47.1 Å². The number of nitrogens with zero attached hydrogens (tertiary/aromatic N) is 1. The van der Waals surface area contributed by atoms with E-state index < -0.39 is 6.04 Å². The van der Waals surface area contributed by atoms with Gasteiger partial charge in [0.15, 0.2) is 0 Å². The summed E-state index contributed by atoms with van der Waals surface area (Å²) in [5, 5.41) is 2.85. The molecule has 1 aromatic heterocycles. The quantitative estimate of drug-likeness (QED) is 0.943. The molecule has 2 aromatic rings. The van der Waals surface area contributed by atoms with Gasteiger partial charge in [0, 0.05) is 12.1 Å². The molecule has 2 heterocycles. The number of amides is 2. The van der Waals surface area contributed by atoms with Crippen molar-refractivity contribution in [3.8, 4) is 0 Å². The number of hydrogen-bond donors (Lipinski definition) is 1. The van der Waals surface area contributed by atoms with Gasteiger partial charge in [-0.3, -0.25) is 9.59 Å². The predicted molar refractivity (Wildman–Crippen MR) is 85.8 cm³/mol. The van der Waals surface area contributed by atoms with Gasteiger partial charge in [0.05, 0.1) is 12.8 Å². The number of rotatable bonds is 4. The van der Waals surface area contributed by atoms with Crippen LogP contribution >= 0.6 is 0 Å². The van der Waals surface area contributed by atoms with Gasteiger partial charge >= 0.3 is 0 Å². The second kappa shape index (κ2) is 6.69. The van der Waals surface area contributed by atoms with E-state index in [0.717, 1.165) is 12.0 Å². The van der Waals surface area contributed by atoms with Crippen molar-refractivity contribution in [1.29, 1.82) is 0 Å². The highest BCUT2D eigenvalue weighted by molar-refractivity contribution is 5.99. The Morgan fingerprint density at radius 2 is 2.09 bits per heavy atom. The Kier molecular flexibility index (Phi) is 4.46. The van der Waals surface area contributed by atoms with E-state index in [2.05, 4.69) is 5.32 Å². The molecule has 3 rings (SSSR count). The van der Waals surface area contributed by atoms with Crippen LogP contribution in [-0.2, 0) is 11.3 Å².